The lowest BCUT2D eigenvalue weighted by Gasteiger charge is -2.35. The van der Waals surface area contributed by atoms with Gasteiger partial charge in [-0.2, -0.15) is 13.2 Å². The number of carbonyl (C=O) groups excluding carboxylic acids is 1. The van der Waals surface area contributed by atoms with Gasteiger partial charge in [0.05, 0.1) is 18.2 Å². The highest BCUT2D eigenvalue weighted by molar-refractivity contribution is 5.70. The average Bonchev–Trinajstić information content (AvgIpc) is 2.48. The quantitative estimate of drug-likeness (QED) is 0.695. The number of carbonyl (C=O) groups is 1. The second-order valence-corrected chi connectivity index (χ2v) is 6.15. The van der Waals surface area contributed by atoms with Crippen LogP contribution in [0.25, 0.3) is 0 Å². The van der Waals surface area contributed by atoms with Gasteiger partial charge in [0, 0.05) is 0 Å². The van der Waals surface area contributed by atoms with Crippen molar-refractivity contribution in [3.8, 4) is 0 Å². The van der Waals surface area contributed by atoms with Crippen molar-refractivity contribution < 1.29 is 27.4 Å². The number of nitrogens with zero attached hydrogens (tertiary/aromatic N) is 1. The summed E-state index contributed by atoms with van der Waals surface area (Å²) in [6, 6.07) is -1.28. The molecular weight excluding hydrogens is 275 g/mol. The Balaban J connectivity index is 3.03. The third-order valence-corrected chi connectivity index (χ3v) is 2.84. The van der Waals surface area contributed by atoms with E-state index >= 15 is 0 Å². The molecule has 1 amide bonds. The predicted molar refractivity (Wildman–Crippen MR) is 67.1 cm³/mol. The number of hydrogen-bond donors (Lipinski definition) is 0. The van der Waals surface area contributed by atoms with Gasteiger partial charge in [-0.05, 0) is 34.6 Å². The van der Waals surface area contributed by atoms with E-state index in [0.29, 0.717) is 0 Å². The number of halogens is 3. The molecule has 0 bridgehead atoms. The van der Waals surface area contributed by atoms with E-state index < -0.39 is 35.2 Å². The Hall–Kier alpha value is -1.24. The number of ether oxygens (including phenoxy) is 2. The molecule has 0 radical (unpaired) electrons. The molecule has 7 heteroatoms. The molecular formula is C13H20F3NO3. The Morgan fingerprint density at radius 2 is 1.85 bits per heavy atom. The molecule has 0 aliphatic carbocycles. The molecule has 0 saturated carbocycles. The Kier molecular flexibility index (Phi) is 4.16. The van der Waals surface area contributed by atoms with Crippen LogP contribution in [-0.2, 0) is 9.47 Å². The van der Waals surface area contributed by atoms with E-state index in [-0.39, 0.29) is 6.61 Å². The number of rotatable bonds is 1. The van der Waals surface area contributed by atoms with Gasteiger partial charge in [0.2, 0.25) is 0 Å². The second kappa shape index (κ2) is 4.95. The maximum atomic E-state index is 12.8. The average molecular weight is 295 g/mol. The fraction of sp³-hybridized carbons (Fsp3) is 0.769. The molecule has 4 nitrogen and oxygen atoms in total. The minimum atomic E-state index is -4.59. The number of alkyl halides is 3. The van der Waals surface area contributed by atoms with Gasteiger partial charge in [-0.1, -0.05) is 6.58 Å². The molecule has 1 saturated heterocycles. The lowest BCUT2D eigenvalue weighted by molar-refractivity contribution is -0.102. The van der Waals surface area contributed by atoms with E-state index in [1.54, 1.807) is 20.8 Å². The molecule has 0 N–H and O–H groups in total. The zero-order valence-electron chi connectivity index (χ0n) is 12.3. The topological polar surface area (TPSA) is 38.8 Å². The fourth-order valence-corrected chi connectivity index (χ4v) is 1.91. The van der Waals surface area contributed by atoms with Crippen molar-refractivity contribution in [3.05, 3.63) is 12.2 Å². The lowest BCUT2D eigenvalue weighted by atomic mass is 10.1. The van der Waals surface area contributed by atoms with E-state index in [1.807, 2.05) is 0 Å². The lowest BCUT2D eigenvalue weighted by Crippen LogP contribution is -2.51. The SMILES string of the molecule is C=C([C@@H]1COC(C)(C)N1C(=O)OC(C)(C)C)C(F)(F)F. The summed E-state index contributed by atoms with van der Waals surface area (Å²) in [7, 11) is 0. The maximum Gasteiger partial charge on any atom is 0.414 e. The Bertz CT molecular complexity index is 410. The first kappa shape index (κ1) is 16.8. The van der Waals surface area contributed by atoms with Crippen molar-refractivity contribution in [1.82, 2.24) is 4.90 Å². The van der Waals surface area contributed by atoms with Crippen LogP contribution in [0.15, 0.2) is 12.2 Å². The molecule has 1 atom stereocenters. The molecule has 116 valence electrons. The van der Waals surface area contributed by atoms with Gasteiger partial charge < -0.3 is 9.47 Å². The van der Waals surface area contributed by atoms with Crippen LogP contribution in [0.4, 0.5) is 18.0 Å². The molecule has 1 aliphatic rings. The van der Waals surface area contributed by atoms with Crippen molar-refractivity contribution in [3.63, 3.8) is 0 Å². The number of amides is 1. The molecule has 20 heavy (non-hydrogen) atoms. The van der Waals surface area contributed by atoms with Crippen molar-refractivity contribution in [2.75, 3.05) is 6.61 Å². The first-order valence-corrected chi connectivity index (χ1v) is 6.18. The Morgan fingerprint density at radius 3 is 2.25 bits per heavy atom. The van der Waals surface area contributed by atoms with Gasteiger partial charge in [-0.25, -0.2) is 4.79 Å². The summed E-state index contributed by atoms with van der Waals surface area (Å²) in [5.41, 5.74) is -3.00. The Morgan fingerprint density at radius 1 is 1.35 bits per heavy atom. The van der Waals surface area contributed by atoms with Crippen molar-refractivity contribution in [1.29, 1.82) is 0 Å². The van der Waals surface area contributed by atoms with Gasteiger partial charge in [-0.15, -0.1) is 0 Å². The highest BCUT2D eigenvalue weighted by atomic mass is 19.4. The minimum Gasteiger partial charge on any atom is -0.444 e. The standard InChI is InChI=1S/C13H20F3NO3/c1-8(13(14,15)16)9-7-19-12(5,6)17(9)10(18)20-11(2,3)4/h9H,1,7H2,2-6H3/t9-/m0/s1. The third kappa shape index (κ3) is 3.65. The summed E-state index contributed by atoms with van der Waals surface area (Å²) in [4.78, 5) is 13.1. The predicted octanol–water partition coefficient (Wildman–Crippen LogP) is 3.48. The smallest absolute Gasteiger partial charge is 0.414 e. The second-order valence-electron chi connectivity index (χ2n) is 6.15. The molecule has 1 heterocycles. The molecule has 1 aliphatic heterocycles. The first-order valence-electron chi connectivity index (χ1n) is 6.18. The molecule has 0 unspecified atom stereocenters. The molecule has 0 aromatic rings. The van der Waals surface area contributed by atoms with Gasteiger partial charge in [0.25, 0.3) is 0 Å². The van der Waals surface area contributed by atoms with E-state index in [0.717, 1.165) is 4.90 Å². The minimum absolute atomic E-state index is 0.259. The fourth-order valence-electron chi connectivity index (χ4n) is 1.91. The Labute approximate surface area is 116 Å². The summed E-state index contributed by atoms with van der Waals surface area (Å²) in [6.45, 7) is 10.7. The van der Waals surface area contributed by atoms with Gasteiger partial charge in [0.15, 0.2) is 0 Å². The van der Waals surface area contributed by atoms with E-state index in [2.05, 4.69) is 6.58 Å². The van der Waals surface area contributed by atoms with Crippen LogP contribution in [0.2, 0.25) is 0 Å². The summed E-state index contributed by atoms with van der Waals surface area (Å²) < 4.78 is 48.8. The van der Waals surface area contributed by atoms with E-state index in [4.69, 9.17) is 9.47 Å². The van der Waals surface area contributed by atoms with Gasteiger partial charge in [0.1, 0.15) is 11.3 Å². The van der Waals surface area contributed by atoms with Crippen LogP contribution in [0.5, 0.6) is 0 Å². The monoisotopic (exact) mass is 295 g/mol. The molecule has 1 fully saturated rings. The van der Waals surface area contributed by atoms with Crippen LogP contribution >= 0.6 is 0 Å². The molecule has 0 spiro atoms. The summed E-state index contributed by atoms with van der Waals surface area (Å²) in [5, 5.41) is 0. The third-order valence-electron chi connectivity index (χ3n) is 2.84. The van der Waals surface area contributed by atoms with Crippen molar-refractivity contribution >= 4 is 6.09 Å². The van der Waals surface area contributed by atoms with Crippen LogP contribution < -0.4 is 0 Å². The highest BCUT2D eigenvalue weighted by Crippen LogP contribution is 2.37. The van der Waals surface area contributed by atoms with Gasteiger partial charge >= 0.3 is 12.3 Å². The first-order chi connectivity index (χ1) is 8.76. The van der Waals surface area contributed by atoms with Crippen LogP contribution in [0, 0.1) is 0 Å². The van der Waals surface area contributed by atoms with Gasteiger partial charge in [-0.3, -0.25) is 4.90 Å². The largest absolute Gasteiger partial charge is 0.444 e. The van der Waals surface area contributed by atoms with Crippen LogP contribution in [0.3, 0.4) is 0 Å². The van der Waals surface area contributed by atoms with E-state index in [9.17, 15) is 18.0 Å². The molecule has 1 rings (SSSR count). The zero-order valence-corrected chi connectivity index (χ0v) is 12.3. The van der Waals surface area contributed by atoms with Crippen LogP contribution in [-0.4, -0.2) is 41.1 Å². The molecule has 0 aromatic heterocycles. The summed E-state index contributed by atoms with van der Waals surface area (Å²) >= 11 is 0. The van der Waals surface area contributed by atoms with E-state index in [1.165, 1.54) is 13.8 Å². The maximum absolute atomic E-state index is 12.8. The normalized spacial score (nSPS) is 22.8. The number of hydrogen-bond acceptors (Lipinski definition) is 3. The zero-order chi connectivity index (χ0) is 15.9. The highest BCUT2D eigenvalue weighted by Gasteiger charge is 2.51. The van der Waals surface area contributed by atoms with Crippen molar-refractivity contribution in [2.45, 2.75) is 58.2 Å². The molecule has 0 aromatic carbocycles. The van der Waals surface area contributed by atoms with Crippen LogP contribution in [0.1, 0.15) is 34.6 Å². The van der Waals surface area contributed by atoms with Crippen molar-refractivity contribution in [2.24, 2.45) is 0 Å². The summed E-state index contributed by atoms with van der Waals surface area (Å²) in [6.07, 6.45) is -5.44. The summed E-state index contributed by atoms with van der Waals surface area (Å²) in [5.74, 6) is 0.